The van der Waals surface area contributed by atoms with Gasteiger partial charge in [-0.1, -0.05) is 11.6 Å². The first-order valence-corrected chi connectivity index (χ1v) is 5.95. The average Bonchev–Trinajstić information content (AvgIpc) is 2.32. The summed E-state index contributed by atoms with van der Waals surface area (Å²) in [6.45, 7) is 2.32. The Morgan fingerprint density at radius 3 is 2.94 bits per heavy atom. The molecule has 0 aromatic heterocycles. The lowest BCUT2D eigenvalue weighted by atomic mass is 10.2. The summed E-state index contributed by atoms with van der Waals surface area (Å²) in [4.78, 5) is 0. The highest BCUT2D eigenvalue weighted by atomic mass is 35.5. The molecule has 0 unspecified atom stereocenters. The van der Waals surface area contributed by atoms with Gasteiger partial charge in [-0.15, -0.1) is 0 Å². The minimum absolute atomic E-state index is 0.0479. The normalized spacial score (nSPS) is 10.8. The lowest BCUT2D eigenvalue weighted by Crippen LogP contribution is -2.17. The van der Waals surface area contributed by atoms with Gasteiger partial charge >= 0.3 is 0 Å². The molecular formula is C12H17ClFNO2. The van der Waals surface area contributed by atoms with Crippen molar-refractivity contribution in [2.75, 3.05) is 26.4 Å². The van der Waals surface area contributed by atoms with Crippen molar-refractivity contribution >= 4 is 11.6 Å². The van der Waals surface area contributed by atoms with Crippen molar-refractivity contribution in [3.05, 3.63) is 34.6 Å². The van der Waals surface area contributed by atoms with Gasteiger partial charge in [-0.3, -0.25) is 0 Å². The second-order valence-electron chi connectivity index (χ2n) is 3.60. The van der Waals surface area contributed by atoms with E-state index in [4.69, 9.17) is 21.4 Å². The molecule has 96 valence electrons. The van der Waals surface area contributed by atoms with E-state index < -0.39 is 0 Å². The van der Waals surface area contributed by atoms with E-state index in [1.165, 1.54) is 12.1 Å². The first-order valence-electron chi connectivity index (χ1n) is 5.57. The maximum Gasteiger partial charge on any atom is 0.123 e. The molecule has 0 saturated carbocycles. The third-order valence-corrected chi connectivity index (χ3v) is 2.57. The third kappa shape index (κ3) is 5.98. The van der Waals surface area contributed by atoms with Crippen LogP contribution in [0, 0.1) is 5.82 Å². The van der Waals surface area contributed by atoms with E-state index in [1.807, 2.05) is 0 Å². The fraction of sp³-hybridized carbons (Fsp3) is 0.500. The van der Waals surface area contributed by atoms with Gasteiger partial charge in [-0.2, -0.15) is 0 Å². The Morgan fingerprint density at radius 2 is 2.18 bits per heavy atom. The maximum absolute atomic E-state index is 12.9. The molecule has 0 bridgehead atoms. The molecule has 17 heavy (non-hydrogen) atoms. The van der Waals surface area contributed by atoms with Crippen LogP contribution in [-0.4, -0.2) is 31.5 Å². The molecule has 3 nitrogen and oxygen atoms in total. The number of rotatable bonds is 8. The van der Waals surface area contributed by atoms with Crippen molar-refractivity contribution in [3.63, 3.8) is 0 Å². The molecule has 1 aromatic rings. The molecule has 1 rings (SSSR count). The molecule has 2 N–H and O–H groups in total. The van der Waals surface area contributed by atoms with Crippen LogP contribution in [0.5, 0.6) is 0 Å². The van der Waals surface area contributed by atoms with Gasteiger partial charge < -0.3 is 15.2 Å². The summed E-state index contributed by atoms with van der Waals surface area (Å²) in [6, 6.07) is 4.32. The van der Waals surface area contributed by atoms with E-state index >= 15 is 0 Å². The minimum Gasteiger partial charge on any atom is -0.394 e. The number of halogens is 2. The maximum atomic E-state index is 12.9. The summed E-state index contributed by atoms with van der Waals surface area (Å²) in [5.74, 6) is -0.280. The van der Waals surface area contributed by atoms with Crippen molar-refractivity contribution < 1.29 is 14.2 Å². The minimum atomic E-state index is -0.280. The zero-order valence-electron chi connectivity index (χ0n) is 9.59. The molecular weight excluding hydrogens is 245 g/mol. The quantitative estimate of drug-likeness (QED) is 0.703. The van der Waals surface area contributed by atoms with Gasteiger partial charge in [0.15, 0.2) is 0 Å². The van der Waals surface area contributed by atoms with Crippen LogP contribution in [0.1, 0.15) is 12.0 Å². The van der Waals surface area contributed by atoms with E-state index in [9.17, 15) is 4.39 Å². The van der Waals surface area contributed by atoms with Crippen LogP contribution in [0.3, 0.4) is 0 Å². The van der Waals surface area contributed by atoms with Gasteiger partial charge in [0.05, 0.1) is 13.2 Å². The molecule has 1 aromatic carbocycles. The number of benzene rings is 1. The molecule has 0 aliphatic rings. The average molecular weight is 262 g/mol. The highest BCUT2D eigenvalue weighted by Crippen LogP contribution is 2.16. The molecule has 5 heteroatoms. The first kappa shape index (κ1) is 14.4. The Morgan fingerprint density at radius 1 is 1.35 bits per heavy atom. The zero-order chi connectivity index (χ0) is 12.5. The van der Waals surface area contributed by atoms with E-state index in [0.29, 0.717) is 24.8 Å². The summed E-state index contributed by atoms with van der Waals surface area (Å²) in [5, 5.41) is 12.2. The van der Waals surface area contributed by atoms with Gasteiger partial charge in [0.2, 0.25) is 0 Å². The number of aliphatic hydroxyl groups is 1. The molecule has 0 atom stereocenters. The van der Waals surface area contributed by atoms with Gasteiger partial charge in [0.1, 0.15) is 5.82 Å². The number of aliphatic hydroxyl groups excluding tert-OH is 1. The molecule has 0 spiro atoms. The monoisotopic (exact) mass is 261 g/mol. The number of hydrogen-bond acceptors (Lipinski definition) is 3. The van der Waals surface area contributed by atoms with Crippen LogP contribution < -0.4 is 5.32 Å². The first-order chi connectivity index (χ1) is 8.24. The lowest BCUT2D eigenvalue weighted by Gasteiger charge is -2.07. The van der Waals surface area contributed by atoms with Crippen molar-refractivity contribution in [2.45, 2.75) is 13.0 Å². The van der Waals surface area contributed by atoms with Gasteiger partial charge in [-0.05, 0) is 36.7 Å². The van der Waals surface area contributed by atoms with Crippen LogP contribution in [0.25, 0.3) is 0 Å². The van der Waals surface area contributed by atoms with Crippen molar-refractivity contribution in [3.8, 4) is 0 Å². The van der Waals surface area contributed by atoms with E-state index in [-0.39, 0.29) is 12.4 Å². The van der Waals surface area contributed by atoms with E-state index in [1.54, 1.807) is 6.07 Å². The summed E-state index contributed by atoms with van der Waals surface area (Å²) >= 11 is 5.92. The van der Waals surface area contributed by atoms with Gasteiger partial charge in [-0.25, -0.2) is 4.39 Å². The predicted molar refractivity (Wildman–Crippen MR) is 65.6 cm³/mol. The molecule has 0 aliphatic carbocycles. The Labute approximate surface area is 106 Å². The second-order valence-corrected chi connectivity index (χ2v) is 4.01. The molecule has 0 amide bonds. The Kier molecular flexibility index (Phi) is 7.12. The standard InChI is InChI=1S/C12H17ClFNO2/c13-12-3-2-11(14)8-10(12)9-15-4-1-6-17-7-5-16/h2-3,8,15-16H,1,4-7,9H2. The molecule has 0 heterocycles. The van der Waals surface area contributed by atoms with Crippen molar-refractivity contribution in [1.82, 2.24) is 5.32 Å². The molecule has 0 radical (unpaired) electrons. The third-order valence-electron chi connectivity index (χ3n) is 2.20. The largest absolute Gasteiger partial charge is 0.394 e. The summed E-state index contributed by atoms with van der Waals surface area (Å²) < 4.78 is 18.0. The Bertz CT molecular complexity index is 336. The number of hydrogen-bond donors (Lipinski definition) is 2. The fourth-order valence-corrected chi connectivity index (χ4v) is 1.55. The van der Waals surface area contributed by atoms with Gasteiger partial charge in [0, 0.05) is 18.2 Å². The van der Waals surface area contributed by atoms with Gasteiger partial charge in [0.25, 0.3) is 0 Å². The highest BCUT2D eigenvalue weighted by Gasteiger charge is 2.01. The summed E-state index contributed by atoms with van der Waals surface area (Å²) in [7, 11) is 0. The van der Waals surface area contributed by atoms with E-state index in [0.717, 1.165) is 18.5 Å². The molecule has 0 fully saturated rings. The Hall–Kier alpha value is -0.680. The summed E-state index contributed by atoms with van der Waals surface area (Å²) in [5.41, 5.74) is 0.753. The molecule has 0 aliphatic heterocycles. The fourth-order valence-electron chi connectivity index (χ4n) is 1.37. The molecule has 0 saturated heterocycles. The van der Waals surface area contributed by atoms with Crippen LogP contribution in [-0.2, 0) is 11.3 Å². The Balaban J connectivity index is 2.15. The SMILES string of the molecule is OCCOCCCNCc1cc(F)ccc1Cl. The topological polar surface area (TPSA) is 41.5 Å². The van der Waals surface area contributed by atoms with Crippen LogP contribution in [0.15, 0.2) is 18.2 Å². The van der Waals surface area contributed by atoms with Crippen molar-refractivity contribution in [1.29, 1.82) is 0 Å². The lowest BCUT2D eigenvalue weighted by molar-refractivity contribution is 0.0907. The second kappa shape index (κ2) is 8.42. The zero-order valence-corrected chi connectivity index (χ0v) is 10.3. The van der Waals surface area contributed by atoms with Crippen LogP contribution in [0.2, 0.25) is 5.02 Å². The highest BCUT2D eigenvalue weighted by molar-refractivity contribution is 6.31. The van der Waals surface area contributed by atoms with Crippen LogP contribution >= 0.6 is 11.6 Å². The van der Waals surface area contributed by atoms with E-state index in [2.05, 4.69) is 5.32 Å². The number of nitrogens with one attached hydrogen (secondary N) is 1. The smallest absolute Gasteiger partial charge is 0.123 e. The van der Waals surface area contributed by atoms with Crippen molar-refractivity contribution in [2.24, 2.45) is 0 Å². The summed E-state index contributed by atoms with van der Waals surface area (Å²) in [6.07, 6.45) is 0.840. The predicted octanol–water partition coefficient (Wildman–Crippen LogP) is 1.97. The van der Waals surface area contributed by atoms with Crippen LogP contribution in [0.4, 0.5) is 4.39 Å². The number of ether oxygens (including phenoxy) is 1.